The minimum atomic E-state index is -2.14. The van der Waals surface area contributed by atoms with E-state index in [1.165, 1.54) is 31.2 Å². The summed E-state index contributed by atoms with van der Waals surface area (Å²) in [6, 6.07) is 6.92. The molecule has 0 bridgehead atoms. The fourth-order valence-electron chi connectivity index (χ4n) is 7.61. The summed E-state index contributed by atoms with van der Waals surface area (Å²) in [5.41, 5.74) is -1.54. The third-order valence-corrected chi connectivity index (χ3v) is 11.4. The normalized spacial score (nSPS) is 40.6. The highest BCUT2D eigenvalue weighted by Crippen LogP contribution is 2.40. The number of aromatic hydroxyl groups is 2. The molecule has 25 heteroatoms. The number of hydrogen-bond donors (Lipinski definition) is 15. The molecule has 15 N–H and O–H groups in total. The summed E-state index contributed by atoms with van der Waals surface area (Å²) < 4.78 is 51.5. The van der Waals surface area contributed by atoms with E-state index < -0.39 is 176 Å². The molecule has 64 heavy (non-hydrogen) atoms. The van der Waals surface area contributed by atoms with Crippen LogP contribution in [0.15, 0.2) is 45.6 Å². The number of phenolic OH excluding ortho intramolecular Hbond substituents is 2. The number of aliphatic hydroxyl groups excluding tert-OH is 13. The first-order chi connectivity index (χ1) is 30.3. The van der Waals surface area contributed by atoms with Gasteiger partial charge in [0.15, 0.2) is 24.4 Å². The lowest BCUT2D eigenvalue weighted by Gasteiger charge is -2.46. The number of fused-ring (bicyclic) bond motifs is 1. The molecule has 4 saturated heterocycles. The molecule has 2 aromatic carbocycles. The molecule has 5 heterocycles. The standard InChI is InChI=1S/C39H50O25/c1-11-21(44)26(49)30(53)36(57-11)56-10-19-24(47)29(52)35(64-38-32(55)28(51)23(46)18(9-41)61-38)39(62-19)63-34-25(48)20-15(43)6-14(58-37-31(54)27(50)22(45)17(8-40)60-37)7-16(20)59-33(34)12-2-4-13(42)5-3-12/h2-7,11,17-19,21-24,26-32,35-47,49-55H,8-10H2,1H3/t11-,17-,18-,19+,21-,22-,23-,24+,26-,27-,28-,29+,30+,31-,32-,35+,36+,37-,38-,39-/m0/s1. The van der Waals surface area contributed by atoms with Gasteiger partial charge >= 0.3 is 0 Å². The maximum absolute atomic E-state index is 14.5. The Morgan fingerprint density at radius 1 is 0.578 bits per heavy atom. The lowest BCUT2D eigenvalue weighted by Crippen LogP contribution is -2.65. The molecule has 4 fully saturated rings. The molecule has 0 aliphatic carbocycles. The molecule has 20 atom stereocenters. The number of benzene rings is 2. The number of ether oxygens (including phenoxy) is 8. The van der Waals surface area contributed by atoms with Crippen LogP contribution in [0.5, 0.6) is 23.0 Å². The van der Waals surface area contributed by atoms with Crippen molar-refractivity contribution in [2.75, 3.05) is 19.8 Å². The third kappa shape index (κ3) is 9.25. The molecule has 1 aromatic heterocycles. The van der Waals surface area contributed by atoms with E-state index in [0.29, 0.717) is 0 Å². The van der Waals surface area contributed by atoms with Gasteiger partial charge in [0.2, 0.25) is 23.8 Å². The molecule has 0 spiro atoms. The second kappa shape index (κ2) is 19.5. The van der Waals surface area contributed by atoms with Gasteiger partial charge in [-0.1, -0.05) is 0 Å². The topological polar surface area (TPSA) is 408 Å². The molecular formula is C39H50O25. The van der Waals surface area contributed by atoms with Crippen molar-refractivity contribution in [1.82, 2.24) is 0 Å². The van der Waals surface area contributed by atoms with Crippen molar-refractivity contribution >= 4 is 11.0 Å². The SMILES string of the molecule is C[C@@H]1O[C@@H](OC[C@H]2O[C@@H](Oc3c(-c4ccc(O)cc4)oc4cc(O[C@H]5O[C@@H](CO)[C@H](O)[C@H](O)[C@@H]5O)cc(O)c4c3=O)[C@H](O[C@@H]3O[C@@H](CO)[C@H](O)[C@H](O)[C@@H]3O)[C@H](O)[C@@H]2O)[C@H](O)[C@@H](O)[C@H]1O. The van der Waals surface area contributed by atoms with Crippen LogP contribution in [0.1, 0.15) is 6.92 Å². The zero-order chi connectivity index (χ0) is 46.5. The average molecular weight is 919 g/mol. The van der Waals surface area contributed by atoms with Crippen molar-refractivity contribution in [2.24, 2.45) is 0 Å². The molecule has 4 aliphatic heterocycles. The van der Waals surface area contributed by atoms with Gasteiger partial charge in [-0.3, -0.25) is 4.79 Å². The predicted octanol–water partition coefficient (Wildman–Crippen LogP) is -6.10. The Bertz CT molecular complexity index is 2100. The van der Waals surface area contributed by atoms with Crippen LogP contribution in [-0.4, -0.2) is 219 Å². The van der Waals surface area contributed by atoms with Crippen LogP contribution in [0.3, 0.4) is 0 Å². The van der Waals surface area contributed by atoms with Crippen LogP contribution in [0, 0.1) is 0 Å². The Hall–Kier alpha value is -3.91. The zero-order valence-corrected chi connectivity index (χ0v) is 33.4. The Balaban J connectivity index is 1.27. The van der Waals surface area contributed by atoms with Gasteiger partial charge in [-0.15, -0.1) is 0 Å². The van der Waals surface area contributed by atoms with E-state index in [0.717, 1.165) is 12.1 Å². The van der Waals surface area contributed by atoms with Crippen molar-refractivity contribution in [3.05, 3.63) is 46.6 Å². The minimum Gasteiger partial charge on any atom is -0.508 e. The molecule has 25 nitrogen and oxygen atoms in total. The Morgan fingerprint density at radius 2 is 1.12 bits per heavy atom. The highest BCUT2D eigenvalue weighted by atomic mass is 16.8. The van der Waals surface area contributed by atoms with Gasteiger partial charge in [0, 0.05) is 17.7 Å². The lowest BCUT2D eigenvalue weighted by atomic mass is 9.97. The van der Waals surface area contributed by atoms with E-state index >= 15 is 0 Å². The summed E-state index contributed by atoms with van der Waals surface area (Å²) >= 11 is 0. The third-order valence-electron chi connectivity index (χ3n) is 11.4. The second-order valence-electron chi connectivity index (χ2n) is 15.7. The maximum Gasteiger partial charge on any atom is 0.239 e. The summed E-state index contributed by atoms with van der Waals surface area (Å²) in [6.45, 7) is -1.04. The molecule has 0 saturated carbocycles. The summed E-state index contributed by atoms with van der Waals surface area (Å²) in [7, 11) is 0. The summed E-state index contributed by atoms with van der Waals surface area (Å²) in [4.78, 5) is 14.5. The van der Waals surface area contributed by atoms with Crippen molar-refractivity contribution in [1.29, 1.82) is 0 Å². The van der Waals surface area contributed by atoms with E-state index in [-0.39, 0.29) is 17.1 Å². The highest BCUT2D eigenvalue weighted by Gasteiger charge is 2.53. The largest absolute Gasteiger partial charge is 0.508 e. The molecule has 4 aliphatic rings. The van der Waals surface area contributed by atoms with E-state index in [4.69, 9.17) is 42.3 Å². The van der Waals surface area contributed by atoms with Crippen LogP contribution in [0.25, 0.3) is 22.3 Å². The van der Waals surface area contributed by atoms with Gasteiger partial charge in [0.25, 0.3) is 0 Å². The fraction of sp³-hybridized carbons (Fsp3) is 0.615. The monoisotopic (exact) mass is 918 g/mol. The lowest BCUT2D eigenvalue weighted by molar-refractivity contribution is -0.362. The number of rotatable bonds is 12. The first-order valence-electron chi connectivity index (χ1n) is 19.9. The van der Waals surface area contributed by atoms with Gasteiger partial charge in [-0.05, 0) is 31.2 Å². The Morgan fingerprint density at radius 3 is 1.75 bits per heavy atom. The van der Waals surface area contributed by atoms with Crippen molar-refractivity contribution < 1.29 is 119 Å². The summed E-state index contributed by atoms with van der Waals surface area (Å²) in [6.07, 6.45) is -35.5. The highest BCUT2D eigenvalue weighted by molar-refractivity contribution is 5.88. The van der Waals surface area contributed by atoms with E-state index in [2.05, 4.69) is 0 Å². The first kappa shape index (κ1) is 48.0. The fourth-order valence-corrected chi connectivity index (χ4v) is 7.61. The molecule has 3 aromatic rings. The molecule has 356 valence electrons. The Labute approximate surface area is 360 Å². The molecular weight excluding hydrogens is 868 g/mol. The van der Waals surface area contributed by atoms with Crippen molar-refractivity contribution in [3.63, 3.8) is 0 Å². The van der Waals surface area contributed by atoms with Gasteiger partial charge in [0.05, 0.1) is 25.9 Å². The van der Waals surface area contributed by atoms with Crippen LogP contribution in [0.4, 0.5) is 0 Å². The number of phenols is 2. The van der Waals surface area contributed by atoms with Crippen LogP contribution in [0.2, 0.25) is 0 Å². The van der Waals surface area contributed by atoms with E-state index in [1.807, 2.05) is 0 Å². The van der Waals surface area contributed by atoms with E-state index in [9.17, 15) is 81.4 Å². The maximum atomic E-state index is 14.5. The quantitative estimate of drug-likeness (QED) is 0.0804. The molecule has 0 amide bonds. The smallest absolute Gasteiger partial charge is 0.239 e. The average Bonchev–Trinajstić information content (AvgIpc) is 3.27. The van der Waals surface area contributed by atoms with E-state index in [1.54, 1.807) is 0 Å². The zero-order valence-electron chi connectivity index (χ0n) is 33.4. The van der Waals surface area contributed by atoms with Gasteiger partial charge in [-0.2, -0.15) is 0 Å². The minimum absolute atomic E-state index is 0.0209. The first-order valence-corrected chi connectivity index (χ1v) is 19.9. The van der Waals surface area contributed by atoms with Crippen LogP contribution >= 0.6 is 0 Å². The molecule has 7 rings (SSSR count). The number of hydrogen-bond acceptors (Lipinski definition) is 25. The van der Waals surface area contributed by atoms with Gasteiger partial charge < -0.3 is 119 Å². The summed E-state index contributed by atoms with van der Waals surface area (Å²) in [5, 5.41) is 156. The molecule has 0 radical (unpaired) electrons. The Kier molecular flexibility index (Phi) is 14.6. The van der Waals surface area contributed by atoms with Gasteiger partial charge in [-0.25, -0.2) is 0 Å². The second-order valence-corrected chi connectivity index (χ2v) is 15.7. The van der Waals surface area contributed by atoms with Crippen molar-refractivity contribution in [3.8, 4) is 34.3 Å². The van der Waals surface area contributed by atoms with Gasteiger partial charge in [0.1, 0.15) is 114 Å². The number of aliphatic hydroxyl groups is 13. The molecule has 0 unspecified atom stereocenters. The predicted molar refractivity (Wildman–Crippen MR) is 204 cm³/mol. The van der Waals surface area contributed by atoms with Crippen LogP contribution in [-0.2, 0) is 28.4 Å². The van der Waals surface area contributed by atoms with Crippen molar-refractivity contribution in [2.45, 2.75) is 130 Å². The van der Waals surface area contributed by atoms with Crippen LogP contribution < -0.4 is 14.9 Å². The summed E-state index contributed by atoms with van der Waals surface area (Å²) in [5.74, 6) is -2.63.